The van der Waals surface area contributed by atoms with Gasteiger partial charge in [0.1, 0.15) is 6.33 Å². The number of hydrogen-bond acceptors (Lipinski definition) is 7. The third-order valence-corrected chi connectivity index (χ3v) is 16.5. The van der Waals surface area contributed by atoms with Crippen LogP contribution >= 0.6 is 0 Å². The molecule has 10 heteroatoms. The van der Waals surface area contributed by atoms with Gasteiger partial charge in [0.2, 0.25) is 5.82 Å². The van der Waals surface area contributed by atoms with Crippen LogP contribution in [0.15, 0.2) is 18.0 Å². The molecular weight excluding hydrogens is 654 g/mol. The van der Waals surface area contributed by atoms with Crippen LogP contribution in [0.4, 0.5) is 0 Å². The third-order valence-electron chi connectivity index (χ3n) is 16.5. The van der Waals surface area contributed by atoms with E-state index < -0.39 is 22.8 Å². The van der Waals surface area contributed by atoms with Crippen LogP contribution in [0.2, 0.25) is 0 Å². The molecule has 1 saturated heterocycles. The van der Waals surface area contributed by atoms with Crippen molar-refractivity contribution in [1.29, 1.82) is 0 Å². The lowest BCUT2D eigenvalue weighted by atomic mass is 9.34. The first kappa shape index (κ1) is 39.4. The molecule has 52 heavy (non-hydrogen) atoms. The van der Waals surface area contributed by atoms with E-state index in [0.717, 1.165) is 38.5 Å². The number of allylic oxidation sites excluding steroid dienone is 1. The molecular formula is C42H69N5O5. The Bertz CT molecular complexity index is 1570. The van der Waals surface area contributed by atoms with Crippen molar-refractivity contribution in [3.05, 3.63) is 23.8 Å². The number of nitrogens with one attached hydrogen (secondary N) is 1. The summed E-state index contributed by atoms with van der Waals surface area (Å²) in [4.78, 5) is 31.1. The van der Waals surface area contributed by atoms with Gasteiger partial charge in [0.05, 0.1) is 37.9 Å². The van der Waals surface area contributed by atoms with Crippen molar-refractivity contribution < 1.29 is 24.2 Å². The van der Waals surface area contributed by atoms with Crippen molar-refractivity contribution >= 4 is 11.9 Å². The van der Waals surface area contributed by atoms with Crippen LogP contribution in [0.5, 0.6) is 0 Å². The van der Waals surface area contributed by atoms with E-state index in [2.05, 4.69) is 85.6 Å². The number of aliphatic carboxylic acids is 1. The van der Waals surface area contributed by atoms with Crippen molar-refractivity contribution in [3.63, 3.8) is 0 Å². The van der Waals surface area contributed by atoms with Crippen LogP contribution in [-0.2, 0) is 14.3 Å². The second kappa shape index (κ2) is 13.2. The first-order chi connectivity index (χ1) is 24.1. The number of nitrogens with two attached hydrogens (primary N) is 1. The van der Waals surface area contributed by atoms with E-state index in [0.29, 0.717) is 37.6 Å². The standard InChI is InChI=1S/C42H69N5O5/c1-24(2)27(7)37(8)17-18-39(10)28-13-14-31-38(9)20-51-22-42(31,29(28)15-16-40(39,11)32(37)36(49)50)19-30(33(38)52-21-41(12,43)25(3)4)47-23-44-34(46-47)35(48)45-26(5)6/h15,23-28,30-33H,13-14,16-22,43H2,1-12H3,(H,45,48)(H,49,50)/t27-,28+,30-,31+,32-,33+,37-,38-,39-,40+,41+,42+/m1/s1. The van der Waals surface area contributed by atoms with Crippen LogP contribution < -0.4 is 11.1 Å². The van der Waals surface area contributed by atoms with Gasteiger partial charge >= 0.3 is 5.97 Å². The van der Waals surface area contributed by atoms with Gasteiger partial charge in [-0.25, -0.2) is 9.67 Å². The highest BCUT2D eigenvalue weighted by Crippen LogP contribution is 2.75. The van der Waals surface area contributed by atoms with E-state index in [9.17, 15) is 14.7 Å². The predicted octanol–water partition coefficient (Wildman–Crippen LogP) is 7.30. The minimum absolute atomic E-state index is 0.0324. The zero-order valence-corrected chi connectivity index (χ0v) is 34.2. The molecule has 4 N–H and O–H groups in total. The van der Waals surface area contributed by atoms with Crippen LogP contribution in [0, 0.1) is 62.6 Å². The number of hydrogen-bond donors (Lipinski definition) is 3. The maximum absolute atomic E-state index is 13.5. The molecule has 1 aromatic rings. The lowest BCUT2D eigenvalue weighted by Crippen LogP contribution is -2.69. The minimum Gasteiger partial charge on any atom is -0.481 e. The number of carbonyl (C=O) groups excluding carboxylic acids is 1. The van der Waals surface area contributed by atoms with E-state index in [1.54, 1.807) is 6.33 Å². The summed E-state index contributed by atoms with van der Waals surface area (Å²) >= 11 is 0. The Morgan fingerprint density at radius 1 is 1.08 bits per heavy atom. The molecule has 10 nitrogen and oxygen atoms in total. The van der Waals surface area contributed by atoms with E-state index in [4.69, 9.17) is 20.3 Å². The number of ether oxygens (including phenoxy) is 2. The van der Waals surface area contributed by atoms with E-state index in [-0.39, 0.29) is 63.4 Å². The Morgan fingerprint density at radius 2 is 1.77 bits per heavy atom. The Morgan fingerprint density at radius 3 is 2.38 bits per heavy atom. The molecule has 1 aromatic heterocycles. The highest BCUT2D eigenvalue weighted by atomic mass is 16.5. The number of carbonyl (C=O) groups is 2. The fourth-order valence-corrected chi connectivity index (χ4v) is 12.4. The average molecular weight is 724 g/mol. The lowest BCUT2D eigenvalue weighted by Gasteiger charge is -2.71. The Balaban J connectivity index is 1.45. The maximum Gasteiger partial charge on any atom is 0.307 e. The Kier molecular flexibility index (Phi) is 9.98. The third kappa shape index (κ3) is 5.73. The molecule has 2 heterocycles. The number of nitrogens with zero attached hydrogens (tertiary/aromatic N) is 3. The molecule has 1 amide bonds. The van der Waals surface area contributed by atoms with Gasteiger partial charge < -0.3 is 25.6 Å². The largest absolute Gasteiger partial charge is 0.481 e. The zero-order chi connectivity index (χ0) is 38.4. The molecule has 4 aliphatic carbocycles. The van der Waals surface area contributed by atoms with Gasteiger partial charge in [-0.15, -0.1) is 5.10 Å². The van der Waals surface area contributed by atoms with Gasteiger partial charge in [-0.2, -0.15) is 0 Å². The number of rotatable bonds is 10. The highest BCUT2D eigenvalue weighted by Gasteiger charge is 2.72. The lowest BCUT2D eigenvalue weighted by molar-refractivity contribution is -0.252. The summed E-state index contributed by atoms with van der Waals surface area (Å²) in [6.45, 7) is 27.9. The number of carboxylic acids is 1. The Hall–Kier alpha value is -2.30. The summed E-state index contributed by atoms with van der Waals surface area (Å²) in [7, 11) is 0. The predicted molar refractivity (Wildman–Crippen MR) is 202 cm³/mol. The number of carboxylic acid groups (broad SMARTS) is 1. The van der Waals surface area contributed by atoms with Gasteiger partial charge in [-0.3, -0.25) is 9.59 Å². The molecule has 6 rings (SSSR count). The highest BCUT2D eigenvalue weighted by molar-refractivity contribution is 5.90. The number of amides is 1. The Labute approximate surface area is 312 Å². The van der Waals surface area contributed by atoms with Crippen LogP contribution in [0.1, 0.15) is 138 Å². The van der Waals surface area contributed by atoms with Crippen LogP contribution in [0.25, 0.3) is 0 Å². The fraction of sp³-hybridized carbons (Fsp3) is 0.857. The molecule has 0 aromatic carbocycles. The summed E-state index contributed by atoms with van der Waals surface area (Å²) in [5, 5.41) is 18.9. The smallest absolute Gasteiger partial charge is 0.307 e. The zero-order valence-electron chi connectivity index (χ0n) is 34.2. The van der Waals surface area contributed by atoms with Gasteiger partial charge in [0.15, 0.2) is 0 Å². The van der Waals surface area contributed by atoms with Crippen molar-refractivity contribution in [2.75, 3.05) is 19.8 Å². The van der Waals surface area contributed by atoms with E-state index in [1.807, 2.05) is 18.5 Å². The van der Waals surface area contributed by atoms with Crippen molar-refractivity contribution in [3.8, 4) is 0 Å². The molecule has 292 valence electrons. The average Bonchev–Trinajstić information content (AvgIpc) is 3.54. The molecule has 3 saturated carbocycles. The molecule has 12 atom stereocenters. The van der Waals surface area contributed by atoms with Crippen molar-refractivity contribution in [1.82, 2.24) is 20.1 Å². The first-order valence-electron chi connectivity index (χ1n) is 20.2. The van der Waals surface area contributed by atoms with Crippen LogP contribution in [0.3, 0.4) is 0 Å². The second-order valence-corrected chi connectivity index (χ2v) is 20.2. The normalized spacial score (nSPS) is 41.8. The molecule has 2 bridgehead atoms. The first-order valence-corrected chi connectivity index (χ1v) is 20.2. The molecule has 0 radical (unpaired) electrons. The molecule has 5 aliphatic rings. The molecule has 0 spiro atoms. The number of aromatic nitrogens is 3. The van der Waals surface area contributed by atoms with Gasteiger partial charge in [-0.05, 0) is 105 Å². The summed E-state index contributed by atoms with van der Waals surface area (Å²) in [5.41, 5.74) is 6.28. The van der Waals surface area contributed by atoms with E-state index >= 15 is 0 Å². The summed E-state index contributed by atoms with van der Waals surface area (Å²) < 4.78 is 15.6. The van der Waals surface area contributed by atoms with Crippen molar-refractivity contribution in [2.45, 2.75) is 145 Å². The fourth-order valence-electron chi connectivity index (χ4n) is 12.4. The molecule has 0 unspecified atom stereocenters. The monoisotopic (exact) mass is 724 g/mol. The van der Waals surface area contributed by atoms with E-state index in [1.165, 1.54) is 5.57 Å². The van der Waals surface area contributed by atoms with Gasteiger partial charge in [-0.1, -0.05) is 74.0 Å². The van der Waals surface area contributed by atoms with Crippen molar-refractivity contribution in [2.24, 2.45) is 68.3 Å². The van der Waals surface area contributed by atoms with Crippen LogP contribution in [-0.4, -0.2) is 69.3 Å². The summed E-state index contributed by atoms with van der Waals surface area (Å²) in [5.74, 6) is 0.268. The summed E-state index contributed by atoms with van der Waals surface area (Å²) in [6, 6.07) is -0.231. The van der Waals surface area contributed by atoms with Gasteiger partial charge in [0, 0.05) is 22.4 Å². The number of fused-ring (bicyclic) bond motifs is 3. The van der Waals surface area contributed by atoms with Gasteiger partial charge in [0.25, 0.3) is 5.91 Å². The second-order valence-electron chi connectivity index (χ2n) is 20.2. The quantitative estimate of drug-likeness (QED) is 0.214. The molecule has 1 aliphatic heterocycles. The topological polar surface area (TPSA) is 142 Å². The maximum atomic E-state index is 13.5. The molecule has 4 fully saturated rings. The summed E-state index contributed by atoms with van der Waals surface area (Å²) in [6.07, 6.45) is 9.40. The minimum atomic E-state index is -0.643. The SMILES string of the molecule is CC(C)NC(=O)c1ncn([C@@H]2C[C@@]34COC[C@](C)([C@@H]3CC[C@H]3C4=CC[C@@]4(C)[C@H](C(=O)O)[C@@](C)([C@H](C)C(C)C)CC[C@]34C)[C@H]2OC[C@](C)(N)C(C)C)n1.